The quantitative estimate of drug-likeness (QED) is 0.192. The molecule has 0 saturated carbocycles. The number of hydrogen-bond acceptors (Lipinski definition) is 6. The summed E-state index contributed by atoms with van der Waals surface area (Å²) in [4.78, 5) is 31.3. The van der Waals surface area contributed by atoms with E-state index in [1.807, 2.05) is 62.0 Å². The second-order valence-corrected chi connectivity index (χ2v) is 12.3. The Labute approximate surface area is 273 Å². The molecule has 0 radical (unpaired) electrons. The zero-order valence-corrected chi connectivity index (χ0v) is 27.6. The molecule has 2 amide bonds. The van der Waals surface area contributed by atoms with Gasteiger partial charge in [-0.3, -0.25) is 14.3 Å². The monoisotopic (exact) mass is 657 g/mol. The molecule has 242 valence electrons. The summed E-state index contributed by atoms with van der Waals surface area (Å²) in [5, 5.41) is 8.10. The standard InChI is InChI=1S/C32H41Cl2N7O4/c1-19(2)14-25(38-32(35)36)31(43)37-17-28(42)41-12-10-21(11-13-41)26-16-24(39-40(26)3)23-8-9-27(30(34)29(23)33)45-18-20-6-5-7-22(15-20)44-4/h5-9,15-16,19,21,25H,10-14,17-18H2,1-4H3,(H,37,43)(H4,35,36,38)/t25-/m1/s1. The second kappa shape index (κ2) is 15.4. The van der Waals surface area contributed by atoms with Gasteiger partial charge >= 0.3 is 0 Å². The van der Waals surface area contributed by atoms with Crippen LogP contribution in [0.25, 0.3) is 11.3 Å². The normalized spacial score (nSPS) is 14.2. The maximum atomic E-state index is 12.9. The highest BCUT2D eigenvalue weighted by molar-refractivity contribution is 6.44. The zero-order valence-electron chi connectivity index (χ0n) is 26.1. The number of nitrogens with zero attached hydrogens (tertiary/aromatic N) is 4. The fourth-order valence-electron chi connectivity index (χ4n) is 5.42. The number of nitrogens with one attached hydrogen (secondary N) is 1. The van der Waals surface area contributed by atoms with E-state index in [-0.39, 0.29) is 36.2 Å². The van der Waals surface area contributed by atoms with E-state index in [1.165, 1.54) is 0 Å². The van der Waals surface area contributed by atoms with Gasteiger partial charge in [-0.15, -0.1) is 0 Å². The van der Waals surface area contributed by atoms with Crippen molar-refractivity contribution in [1.29, 1.82) is 0 Å². The van der Waals surface area contributed by atoms with Gasteiger partial charge < -0.3 is 31.2 Å². The van der Waals surface area contributed by atoms with E-state index in [0.29, 0.717) is 53.2 Å². The summed E-state index contributed by atoms with van der Waals surface area (Å²) in [6, 6.07) is 12.6. The first-order valence-electron chi connectivity index (χ1n) is 14.9. The number of aromatic nitrogens is 2. The molecule has 0 unspecified atom stereocenters. The fourth-order valence-corrected chi connectivity index (χ4v) is 5.89. The van der Waals surface area contributed by atoms with Crippen LogP contribution in [0.15, 0.2) is 47.5 Å². The summed E-state index contributed by atoms with van der Waals surface area (Å²) in [5.41, 5.74) is 14.4. The predicted molar refractivity (Wildman–Crippen MR) is 177 cm³/mol. The lowest BCUT2D eigenvalue weighted by Gasteiger charge is -2.32. The SMILES string of the molecule is COc1cccc(COc2ccc(-c3cc(C4CCN(C(=O)CNC(=O)[C@@H](CC(C)C)N=C(N)N)CC4)n(C)n3)c(Cl)c2Cl)c1. The van der Waals surface area contributed by atoms with E-state index in [9.17, 15) is 9.59 Å². The van der Waals surface area contributed by atoms with Crippen LogP contribution in [0, 0.1) is 5.92 Å². The third-order valence-electron chi connectivity index (χ3n) is 7.75. The molecule has 45 heavy (non-hydrogen) atoms. The molecule has 0 bridgehead atoms. The van der Waals surface area contributed by atoms with Crippen molar-refractivity contribution >= 4 is 41.0 Å². The Balaban J connectivity index is 1.34. The van der Waals surface area contributed by atoms with E-state index in [0.717, 1.165) is 29.8 Å². The van der Waals surface area contributed by atoms with Gasteiger partial charge in [0, 0.05) is 37.3 Å². The fraction of sp³-hybridized carbons (Fsp3) is 0.438. The third kappa shape index (κ3) is 8.82. The lowest BCUT2D eigenvalue weighted by Crippen LogP contribution is -2.46. The number of likely N-dealkylation sites (tertiary alicyclic amines) is 1. The Kier molecular flexibility index (Phi) is 11.6. The minimum atomic E-state index is -0.724. The Morgan fingerprint density at radius 1 is 1.11 bits per heavy atom. The van der Waals surface area contributed by atoms with Gasteiger partial charge in [0.15, 0.2) is 5.96 Å². The Morgan fingerprint density at radius 2 is 1.84 bits per heavy atom. The van der Waals surface area contributed by atoms with Crippen molar-refractivity contribution in [3.05, 3.63) is 63.8 Å². The maximum Gasteiger partial charge on any atom is 0.245 e. The number of rotatable bonds is 12. The van der Waals surface area contributed by atoms with Gasteiger partial charge in [-0.2, -0.15) is 5.10 Å². The molecule has 2 aromatic carbocycles. The van der Waals surface area contributed by atoms with Gasteiger partial charge in [-0.1, -0.05) is 49.2 Å². The number of carbonyl (C=O) groups excluding carboxylic acids is 2. The molecule has 3 aromatic rings. The number of piperidine rings is 1. The zero-order chi connectivity index (χ0) is 32.7. The number of carbonyl (C=O) groups is 2. The molecule has 13 heteroatoms. The lowest BCUT2D eigenvalue weighted by molar-refractivity contribution is -0.134. The van der Waals surface area contributed by atoms with E-state index in [2.05, 4.69) is 10.3 Å². The van der Waals surface area contributed by atoms with Crippen molar-refractivity contribution in [3.8, 4) is 22.8 Å². The number of halogens is 2. The van der Waals surface area contributed by atoms with Gasteiger partial charge in [0.2, 0.25) is 11.8 Å². The second-order valence-electron chi connectivity index (χ2n) is 11.5. The molecule has 1 saturated heterocycles. The first kappa shape index (κ1) is 33.9. The first-order valence-corrected chi connectivity index (χ1v) is 15.6. The van der Waals surface area contributed by atoms with Gasteiger partial charge in [0.25, 0.3) is 0 Å². The van der Waals surface area contributed by atoms with Crippen molar-refractivity contribution < 1.29 is 19.1 Å². The Bertz CT molecular complexity index is 1530. The van der Waals surface area contributed by atoms with Crippen molar-refractivity contribution in [2.75, 3.05) is 26.7 Å². The van der Waals surface area contributed by atoms with Crippen LogP contribution in [0.5, 0.6) is 11.5 Å². The van der Waals surface area contributed by atoms with Crippen LogP contribution >= 0.6 is 23.2 Å². The lowest BCUT2D eigenvalue weighted by atomic mass is 9.92. The molecule has 1 fully saturated rings. The Hall–Kier alpha value is -3.96. The van der Waals surface area contributed by atoms with Crippen LogP contribution in [-0.2, 0) is 23.2 Å². The Morgan fingerprint density at radius 3 is 2.51 bits per heavy atom. The number of methoxy groups -OCH3 is 1. The number of guanidine groups is 1. The average molecular weight is 659 g/mol. The van der Waals surface area contributed by atoms with Crippen LogP contribution < -0.4 is 26.3 Å². The number of nitrogens with two attached hydrogens (primary N) is 2. The van der Waals surface area contributed by atoms with E-state index in [1.54, 1.807) is 18.1 Å². The minimum absolute atomic E-state index is 0.105. The molecule has 1 aliphatic heterocycles. The molecule has 11 nitrogen and oxygen atoms in total. The molecule has 1 atom stereocenters. The maximum absolute atomic E-state index is 12.9. The van der Waals surface area contributed by atoms with Crippen LogP contribution in [0.1, 0.15) is 50.3 Å². The molecular weight excluding hydrogens is 617 g/mol. The van der Waals surface area contributed by atoms with Crippen molar-refractivity contribution in [2.45, 2.75) is 51.7 Å². The van der Waals surface area contributed by atoms with Crippen molar-refractivity contribution in [3.63, 3.8) is 0 Å². The topological polar surface area (TPSA) is 150 Å². The first-order chi connectivity index (χ1) is 21.5. The highest BCUT2D eigenvalue weighted by Gasteiger charge is 2.28. The molecule has 2 heterocycles. The number of ether oxygens (including phenoxy) is 2. The van der Waals surface area contributed by atoms with E-state index in [4.69, 9.17) is 49.2 Å². The molecule has 4 rings (SSSR count). The number of aliphatic imine (C=N–C) groups is 1. The van der Waals surface area contributed by atoms with Gasteiger partial charge in [-0.05, 0) is 61.1 Å². The van der Waals surface area contributed by atoms with Crippen molar-refractivity contribution in [2.24, 2.45) is 29.4 Å². The molecule has 1 aliphatic rings. The molecule has 5 N–H and O–H groups in total. The summed E-state index contributed by atoms with van der Waals surface area (Å²) in [5.74, 6) is 0.977. The number of hydrogen-bond donors (Lipinski definition) is 3. The van der Waals surface area contributed by atoms with Crippen LogP contribution in [0.3, 0.4) is 0 Å². The summed E-state index contributed by atoms with van der Waals surface area (Å²) < 4.78 is 13.1. The van der Waals surface area contributed by atoms with E-state index >= 15 is 0 Å². The number of benzene rings is 2. The molecule has 0 spiro atoms. The number of amides is 2. The molecule has 0 aliphatic carbocycles. The average Bonchev–Trinajstić information content (AvgIpc) is 3.40. The smallest absolute Gasteiger partial charge is 0.245 e. The summed E-state index contributed by atoms with van der Waals surface area (Å²) in [6.45, 7) is 5.29. The highest BCUT2D eigenvalue weighted by Crippen LogP contribution is 2.40. The molecular formula is C32H41Cl2N7O4. The highest BCUT2D eigenvalue weighted by atomic mass is 35.5. The predicted octanol–water partition coefficient (Wildman–Crippen LogP) is 4.49. The molecule has 1 aromatic heterocycles. The van der Waals surface area contributed by atoms with Gasteiger partial charge in [-0.25, -0.2) is 4.99 Å². The van der Waals surface area contributed by atoms with E-state index < -0.39 is 6.04 Å². The summed E-state index contributed by atoms with van der Waals surface area (Å²) in [7, 11) is 3.52. The number of aryl methyl sites for hydroxylation is 1. The largest absolute Gasteiger partial charge is 0.497 e. The summed E-state index contributed by atoms with van der Waals surface area (Å²) >= 11 is 13.3. The van der Waals surface area contributed by atoms with Crippen LogP contribution in [-0.4, -0.2) is 65.2 Å². The summed E-state index contributed by atoms with van der Waals surface area (Å²) in [6.07, 6.45) is 2.00. The minimum Gasteiger partial charge on any atom is -0.497 e. The van der Waals surface area contributed by atoms with Crippen LogP contribution in [0.4, 0.5) is 0 Å². The van der Waals surface area contributed by atoms with Gasteiger partial charge in [0.05, 0.1) is 24.4 Å². The van der Waals surface area contributed by atoms with Gasteiger partial charge in [0.1, 0.15) is 29.2 Å². The third-order valence-corrected chi connectivity index (χ3v) is 8.61. The van der Waals surface area contributed by atoms with Crippen molar-refractivity contribution in [1.82, 2.24) is 20.0 Å². The van der Waals surface area contributed by atoms with Crippen LogP contribution in [0.2, 0.25) is 10.0 Å².